The second-order valence-corrected chi connectivity index (χ2v) is 5.83. The van der Waals surface area contributed by atoms with Crippen LogP contribution in [-0.2, 0) is 20.7 Å². The van der Waals surface area contributed by atoms with E-state index in [1.807, 2.05) is 30.3 Å². The third-order valence-electron chi connectivity index (χ3n) is 3.50. The Kier molecular flexibility index (Phi) is 7.29. The second-order valence-electron chi connectivity index (χ2n) is 5.39. The van der Waals surface area contributed by atoms with Crippen molar-refractivity contribution in [3.8, 4) is 5.75 Å². The molecule has 0 bridgehead atoms. The van der Waals surface area contributed by atoms with Gasteiger partial charge in [-0.25, -0.2) is 4.79 Å². The summed E-state index contributed by atoms with van der Waals surface area (Å²) in [6, 6.07) is 15.6. The van der Waals surface area contributed by atoms with Crippen LogP contribution in [0.4, 0.5) is 0 Å². The van der Waals surface area contributed by atoms with E-state index < -0.39 is 12.0 Å². The molecule has 0 fully saturated rings. The Morgan fingerprint density at radius 3 is 2.56 bits per heavy atom. The van der Waals surface area contributed by atoms with Crippen molar-refractivity contribution >= 4 is 23.5 Å². The minimum Gasteiger partial charge on any atom is -0.493 e. The summed E-state index contributed by atoms with van der Waals surface area (Å²) in [5, 5.41) is 3.26. The van der Waals surface area contributed by atoms with Gasteiger partial charge in [0.15, 0.2) is 0 Å². The Morgan fingerprint density at radius 2 is 1.88 bits per heavy atom. The molecule has 0 aliphatic carbocycles. The number of methoxy groups -OCH3 is 1. The Hall–Kier alpha value is -2.53. The number of carbonyl (C=O) groups is 2. The maximum atomic E-state index is 12.1. The average molecular weight is 362 g/mol. The smallest absolute Gasteiger partial charge is 0.328 e. The fraction of sp³-hybridized carbons (Fsp3) is 0.263. The van der Waals surface area contributed by atoms with Crippen molar-refractivity contribution in [2.75, 3.05) is 13.7 Å². The molecular formula is C19H20ClNO4. The number of halogens is 1. The van der Waals surface area contributed by atoms with Gasteiger partial charge in [-0.2, -0.15) is 0 Å². The summed E-state index contributed by atoms with van der Waals surface area (Å²) in [6.45, 7) is 0.186. The standard InChI is InChI=1S/C19H20ClNO4/c1-24-19(23)17(12-14-6-3-2-4-7-14)21-18(22)10-11-25-16-9-5-8-15(20)13-16/h2-9,13,17H,10-12H2,1H3,(H,21,22)/t17-/m1/s1. The molecule has 132 valence electrons. The first-order valence-electron chi connectivity index (χ1n) is 7.88. The van der Waals surface area contributed by atoms with Crippen LogP contribution in [0.3, 0.4) is 0 Å². The zero-order valence-electron chi connectivity index (χ0n) is 13.9. The number of nitrogens with one attached hydrogen (secondary N) is 1. The van der Waals surface area contributed by atoms with Crippen molar-refractivity contribution < 1.29 is 19.1 Å². The Labute approximate surface area is 151 Å². The monoisotopic (exact) mass is 361 g/mol. The molecule has 0 aliphatic rings. The van der Waals surface area contributed by atoms with Crippen molar-refractivity contribution in [2.45, 2.75) is 18.9 Å². The predicted octanol–water partition coefficient (Wildman–Crippen LogP) is 3.01. The molecule has 5 nitrogen and oxygen atoms in total. The van der Waals surface area contributed by atoms with Crippen molar-refractivity contribution in [2.24, 2.45) is 0 Å². The van der Waals surface area contributed by atoms with Gasteiger partial charge in [-0.05, 0) is 23.8 Å². The summed E-state index contributed by atoms with van der Waals surface area (Å²) in [5.41, 5.74) is 0.938. The first-order chi connectivity index (χ1) is 12.1. The van der Waals surface area contributed by atoms with E-state index in [9.17, 15) is 9.59 Å². The molecule has 1 atom stereocenters. The van der Waals surface area contributed by atoms with Gasteiger partial charge in [-0.1, -0.05) is 48.0 Å². The van der Waals surface area contributed by atoms with E-state index in [0.29, 0.717) is 17.2 Å². The third kappa shape index (κ3) is 6.47. The lowest BCUT2D eigenvalue weighted by Crippen LogP contribution is -2.43. The van der Waals surface area contributed by atoms with Crippen LogP contribution in [0.5, 0.6) is 5.75 Å². The largest absolute Gasteiger partial charge is 0.493 e. The fourth-order valence-electron chi connectivity index (χ4n) is 2.27. The van der Waals surface area contributed by atoms with E-state index in [2.05, 4.69) is 5.32 Å². The number of esters is 1. The zero-order valence-corrected chi connectivity index (χ0v) is 14.7. The molecule has 1 amide bonds. The van der Waals surface area contributed by atoms with E-state index >= 15 is 0 Å². The molecule has 25 heavy (non-hydrogen) atoms. The van der Waals surface area contributed by atoms with E-state index in [1.165, 1.54) is 7.11 Å². The highest BCUT2D eigenvalue weighted by atomic mass is 35.5. The summed E-state index contributed by atoms with van der Waals surface area (Å²) in [7, 11) is 1.30. The van der Waals surface area contributed by atoms with Crippen LogP contribution >= 0.6 is 11.6 Å². The molecule has 2 rings (SSSR count). The van der Waals surface area contributed by atoms with Crippen LogP contribution in [0.15, 0.2) is 54.6 Å². The van der Waals surface area contributed by atoms with Gasteiger partial charge in [0.25, 0.3) is 0 Å². The van der Waals surface area contributed by atoms with Crippen molar-refractivity contribution in [1.82, 2.24) is 5.32 Å². The highest BCUT2D eigenvalue weighted by molar-refractivity contribution is 6.30. The van der Waals surface area contributed by atoms with Crippen LogP contribution in [0, 0.1) is 0 Å². The SMILES string of the molecule is COC(=O)[C@@H](Cc1ccccc1)NC(=O)CCOc1cccc(Cl)c1. The molecule has 2 aromatic rings. The van der Waals surface area contributed by atoms with Gasteiger partial charge in [0.2, 0.25) is 5.91 Å². The number of benzene rings is 2. The first kappa shape index (κ1) is 18.8. The summed E-state index contributed by atoms with van der Waals surface area (Å²) in [4.78, 5) is 24.0. The van der Waals surface area contributed by atoms with Gasteiger partial charge < -0.3 is 14.8 Å². The highest BCUT2D eigenvalue weighted by Gasteiger charge is 2.21. The van der Waals surface area contributed by atoms with Crippen molar-refractivity contribution in [3.05, 3.63) is 65.2 Å². The molecule has 0 saturated heterocycles. The molecule has 1 N–H and O–H groups in total. The minimum absolute atomic E-state index is 0.120. The van der Waals surface area contributed by atoms with Crippen LogP contribution in [0.2, 0.25) is 5.02 Å². The summed E-state index contributed by atoms with van der Waals surface area (Å²) in [6.07, 6.45) is 0.489. The Balaban J connectivity index is 1.85. The number of hydrogen-bond acceptors (Lipinski definition) is 4. The van der Waals surface area contributed by atoms with Crippen molar-refractivity contribution in [1.29, 1.82) is 0 Å². The lowest BCUT2D eigenvalue weighted by Gasteiger charge is -2.16. The van der Waals surface area contributed by atoms with Gasteiger partial charge in [0.05, 0.1) is 20.1 Å². The van der Waals surface area contributed by atoms with E-state index in [4.69, 9.17) is 21.1 Å². The molecular weight excluding hydrogens is 342 g/mol. The van der Waals surface area contributed by atoms with E-state index in [1.54, 1.807) is 24.3 Å². The van der Waals surface area contributed by atoms with E-state index in [-0.39, 0.29) is 18.9 Å². The van der Waals surface area contributed by atoms with Crippen LogP contribution < -0.4 is 10.1 Å². The Morgan fingerprint density at radius 1 is 1.12 bits per heavy atom. The molecule has 0 aliphatic heterocycles. The summed E-state index contributed by atoms with van der Waals surface area (Å²) < 4.78 is 10.3. The third-order valence-corrected chi connectivity index (χ3v) is 3.73. The summed E-state index contributed by atoms with van der Waals surface area (Å²) in [5.74, 6) is -0.171. The average Bonchev–Trinajstić information content (AvgIpc) is 2.61. The van der Waals surface area contributed by atoms with Gasteiger partial charge in [0.1, 0.15) is 11.8 Å². The highest BCUT2D eigenvalue weighted by Crippen LogP contribution is 2.17. The van der Waals surface area contributed by atoms with Crippen LogP contribution in [0.25, 0.3) is 0 Å². The maximum Gasteiger partial charge on any atom is 0.328 e. The van der Waals surface area contributed by atoms with Crippen LogP contribution in [0.1, 0.15) is 12.0 Å². The maximum absolute atomic E-state index is 12.1. The molecule has 0 aromatic heterocycles. The number of ether oxygens (including phenoxy) is 2. The second kappa shape index (κ2) is 9.69. The molecule has 0 radical (unpaired) electrons. The zero-order chi connectivity index (χ0) is 18.1. The lowest BCUT2D eigenvalue weighted by molar-refractivity contribution is -0.145. The topological polar surface area (TPSA) is 64.6 Å². The number of rotatable bonds is 8. The van der Waals surface area contributed by atoms with Gasteiger partial charge in [0, 0.05) is 11.4 Å². The normalized spacial score (nSPS) is 11.4. The number of carbonyl (C=O) groups excluding carboxylic acids is 2. The Bertz CT molecular complexity index is 706. The molecule has 0 saturated carbocycles. The molecule has 0 spiro atoms. The van der Waals surface area contributed by atoms with Crippen molar-refractivity contribution in [3.63, 3.8) is 0 Å². The molecule has 0 unspecified atom stereocenters. The predicted molar refractivity (Wildman–Crippen MR) is 95.7 cm³/mol. The fourth-order valence-corrected chi connectivity index (χ4v) is 2.45. The lowest BCUT2D eigenvalue weighted by atomic mass is 10.1. The molecule has 2 aromatic carbocycles. The molecule has 0 heterocycles. The molecule has 6 heteroatoms. The minimum atomic E-state index is -0.730. The quantitative estimate of drug-likeness (QED) is 0.734. The van der Waals surface area contributed by atoms with Gasteiger partial charge in [-0.3, -0.25) is 4.79 Å². The van der Waals surface area contributed by atoms with Gasteiger partial charge >= 0.3 is 5.97 Å². The van der Waals surface area contributed by atoms with E-state index in [0.717, 1.165) is 5.56 Å². The number of hydrogen-bond donors (Lipinski definition) is 1. The number of amides is 1. The first-order valence-corrected chi connectivity index (χ1v) is 8.26. The summed E-state index contributed by atoms with van der Waals surface area (Å²) >= 11 is 5.87. The van der Waals surface area contributed by atoms with Crippen LogP contribution in [-0.4, -0.2) is 31.6 Å². The van der Waals surface area contributed by atoms with Gasteiger partial charge in [-0.15, -0.1) is 0 Å².